The zero-order valence-corrected chi connectivity index (χ0v) is 13.8. The Morgan fingerprint density at radius 3 is 2.52 bits per heavy atom. The maximum Gasteiger partial charge on any atom is 0.0927 e. The molecule has 1 heterocycles. The highest BCUT2D eigenvalue weighted by molar-refractivity contribution is 6.42. The van der Waals surface area contributed by atoms with Gasteiger partial charge >= 0.3 is 0 Å². The molecule has 0 radical (unpaired) electrons. The fraction of sp³-hybridized carbons (Fsp3) is 0.0556. The van der Waals surface area contributed by atoms with E-state index in [9.17, 15) is 0 Å². The first-order valence-corrected chi connectivity index (χ1v) is 7.89. The zero-order chi connectivity index (χ0) is 16.2. The minimum Gasteiger partial charge on any atom is -0.399 e. The van der Waals surface area contributed by atoms with Crippen LogP contribution in [0.1, 0.15) is 11.3 Å². The maximum atomic E-state index is 6.04. The molecule has 1 aromatic heterocycles. The highest BCUT2D eigenvalue weighted by atomic mass is 35.5. The molecule has 0 aliphatic heterocycles. The average molecular weight is 344 g/mol. The number of allylic oxidation sites excluding steroid dienone is 1. The van der Waals surface area contributed by atoms with Crippen LogP contribution in [0.2, 0.25) is 10.0 Å². The lowest BCUT2D eigenvalue weighted by molar-refractivity contribution is 1.08. The summed E-state index contributed by atoms with van der Waals surface area (Å²) in [4.78, 5) is 0. The number of nitrogen functional groups attached to an aromatic ring is 1. The highest BCUT2D eigenvalue weighted by Crippen LogP contribution is 2.27. The number of halogens is 2. The van der Waals surface area contributed by atoms with Crippen molar-refractivity contribution in [2.45, 2.75) is 6.42 Å². The van der Waals surface area contributed by atoms with E-state index in [1.165, 1.54) is 5.56 Å². The fourth-order valence-electron chi connectivity index (χ4n) is 2.20. The van der Waals surface area contributed by atoms with Gasteiger partial charge in [0, 0.05) is 11.3 Å². The Balaban J connectivity index is 1.70. The summed E-state index contributed by atoms with van der Waals surface area (Å²) in [6.45, 7) is 0. The Labute approximate surface area is 144 Å². The van der Waals surface area contributed by atoms with Crippen LogP contribution in [0.5, 0.6) is 0 Å². The van der Waals surface area contributed by atoms with Gasteiger partial charge in [0.05, 0.1) is 21.4 Å². The summed E-state index contributed by atoms with van der Waals surface area (Å²) >= 11 is 12.0. The van der Waals surface area contributed by atoms with Gasteiger partial charge in [-0.05, 0) is 48.4 Å². The first-order chi connectivity index (χ1) is 11.1. The van der Waals surface area contributed by atoms with Crippen LogP contribution in [0.4, 0.5) is 5.69 Å². The molecule has 0 fully saturated rings. The van der Waals surface area contributed by atoms with E-state index in [2.05, 4.69) is 16.3 Å². The van der Waals surface area contributed by atoms with Crippen LogP contribution in [0.15, 0.2) is 54.6 Å². The molecule has 23 heavy (non-hydrogen) atoms. The second-order valence-electron chi connectivity index (χ2n) is 5.19. The van der Waals surface area contributed by atoms with Gasteiger partial charge in [0.25, 0.3) is 0 Å². The molecule has 0 saturated carbocycles. The number of nitrogens with two attached hydrogens (primary N) is 1. The van der Waals surface area contributed by atoms with Crippen LogP contribution in [-0.2, 0) is 6.42 Å². The number of hydrogen-bond donors (Lipinski definition) is 2. The van der Waals surface area contributed by atoms with Crippen LogP contribution in [0.25, 0.3) is 17.3 Å². The molecule has 5 heteroatoms. The van der Waals surface area contributed by atoms with E-state index >= 15 is 0 Å². The third-order valence-corrected chi connectivity index (χ3v) is 4.18. The summed E-state index contributed by atoms with van der Waals surface area (Å²) in [6.07, 6.45) is 4.92. The van der Waals surface area contributed by atoms with E-state index in [-0.39, 0.29) is 0 Å². The summed E-state index contributed by atoms with van der Waals surface area (Å²) in [7, 11) is 0. The number of aromatic nitrogens is 2. The lowest BCUT2D eigenvalue weighted by Gasteiger charge is -1.98. The largest absolute Gasteiger partial charge is 0.399 e. The molecule has 0 unspecified atom stereocenters. The molecule has 3 nitrogen and oxygen atoms in total. The number of rotatable bonds is 4. The van der Waals surface area contributed by atoms with E-state index in [0.717, 1.165) is 29.1 Å². The van der Waals surface area contributed by atoms with E-state index in [4.69, 9.17) is 28.9 Å². The zero-order valence-electron chi connectivity index (χ0n) is 12.3. The van der Waals surface area contributed by atoms with Gasteiger partial charge in [-0.25, -0.2) is 0 Å². The van der Waals surface area contributed by atoms with Crippen molar-refractivity contribution in [3.8, 4) is 11.3 Å². The third-order valence-electron chi connectivity index (χ3n) is 3.44. The number of nitrogens with zero attached hydrogens (tertiary/aromatic N) is 1. The van der Waals surface area contributed by atoms with Crippen molar-refractivity contribution in [3.63, 3.8) is 0 Å². The molecule has 116 valence electrons. The first-order valence-electron chi connectivity index (χ1n) is 7.13. The predicted molar refractivity (Wildman–Crippen MR) is 97.6 cm³/mol. The summed E-state index contributed by atoms with van der Waals surface area (Å²) in [5, 5.41) is 8.36. The van der Waals surface area contributed by atoms with Gasteiger partial charge in [0.2, 0.25) is 0 Å². The summed E-state index contributed by atoms with van der Waals surface area (Å²) < 4.78 is 0. The second-order valence-corrected chi connectivity index (χ2v) is 6.00. The minimum atomic E-state index is 0.521. The van der Waals surface area contributed by atoms with Crippen molar-refractivity contribution in [2.75, 3.05) is 5.73 Å². The third kappa shape index (κ3) is 3.95. The van der Waals surface area contributed by atoms with Crippen molar-refractivity contribution < 1.29 is 0 Å². The number of H-pyrrole nitrogens is 1. The van der Waals surface area contributed by atoms with E-state index in [0.29, 0.717) is 10.0 Å². The SMILES string of the molecule is Nc1ccc(CC=Cc2cc(-c3ccc(Cl)c(Cl)c3)n[nH]2)cc1. The second kappa shape index (κ2) is 6.90. The molecule has 0 amide bonds. The van der Waals surface area contributed by atoms with Crippen LogP contribution < -0.4 is 5.73 Å². The number of nitrogens with one attached hydrogen (secondary N) is 1. The lowest BCUT2D eigenvalue weighted by atomic mass is 10.1. The number of hydrogen-bond acceptors (Lipinski definition) is 2. The summed E-state index contributed by atoms with van der Waals surface area (Å²) in [6, 6.07) is 15.3. The highest BCUT2D eigenvalue weighted by Gasteiger charge is 2.05. The van der Waals surface area contributed by atoms with E-state index in [1.54, 1.807) is 6.07 Å². The normalized spacial score (nSPS) is 11.2. The average Bonchev–Trinajstić information content (AvgIpc) is 3.01. The fourth-order valence-corrected chi connectivity index (χ4v) is 2.50. The molecule has 3 N–H and O–H groups in total. The van der Waals surface area contributed by atoms with Gasteiger partial charge in [0.15, 0.2) is 0 Å². The van der Waals surface area contributed by atoms with Crippen molar-refractivity contribution in [1.82, 2.24) is 10.2 Å². The van der Waals surface area contributed by atoms with Crippen molar-refractivity contribution in [2.24, 2.45) is 0 Å². The van der Waals surface area contributed by atoms with E-state index < -0.39 is 0 Å². The van der Waals surface area contributed by atoms with Crippen LogP contribution >= 0.6 is 23.2 Å². The molecule has 2 aromatic carbocycles. The molecule has 3 rings (SSSR count). The topological polar surface area (TPSA) is 54.7 Å². The minimum absolute atomic E-state index is 0.521. The van der Waals surface area contributed by atoms with Crippen molar-refractivity contribution in [3.05, 3.63) is 75.9 Å². The van der Waals surface area contributed by atoms with Crippen molar-refractivity contribution in [1.29, 1.82) is 0 Å². The number of anilines is 1. The molecule has 0 spiro atoms. The quantitative estimate of drug-likeness (QED) is 0.638. The van der Waals surface area contributed by atoms with Gasteiger partial charge in [-0.2, -0.15) is 5.10 Å². The predicted octanol–water partition coefficient (Wildman–Crippen LogP) is 5.22. The molecule has 3 aromatic rings. The van der Waals surface area contributed by atoms with Gasteiger partial charge in [0.1, 0.15) is 0 Å². The first kappa shape index (κ1) is 15.7. The molecular weight excluding hydrogens is 329 g/mol. The molecular formula is C18H15Cl2N3. The van der Waals surface area contributed by atoms with Crippen LogP contribution in [0.3, 0.4) is 0 Å². The molecule has 0 aliphatic rings. The molecule has 0 atom stereocenters. The number of aromatic amines is 1. The molecule has 0 aliphatic carbocycles. The van der Waals surface area contributed by atoms with Crippen LogP contribution in [-0.4, -0.2) is 10.2 Å². The van der Waals surface area contributed by atoms with Gasteiger partial charge in [-0.1, -0.05) is 47.5 Å². The summed E-state index contributed by atoms with van der Waals surface area (Å²) in [5.41, 5.74) is 10.3. The van der Waals surface area contributed by atoms with Crippen molar-refractivity contribution >= 4 is 35.0 Å². The smallest absolute Gasteiger partial charge is 0.0927 e. The lowest BCUT2D eigenvalue weighted by Crippen LogP contribution is -1.85. The Hall–Kier alpha value is -2.23. The van der Waals surface area contributed by atoms with E-state index in [1.807, 2.05) is 48.5 Å². The Morgan fingerprint density at radius 2 is 1.78 bits per heavy atom. The van der Waals surface area contributed by atoms with Gasteiger partial charge in [-0.3, -0.25) is 5.10 Å². The van der Waals surface area contributed by atoms with Crippen LogP contribution in [0, 0.1) is 0 Å². The molecule has 0 bridgehead atoms. The van der Waals surface area contributed by atoms with Gasteiger partial charge in [-0.15, -0.1) is 0 Å². The number of benzene rings is 2. The standard InChI is InChI=1S/C18H15Cl2N3/c19-16-9-6-13(10-17(16)20)18-11-15(22-23-18)3-1-2-12-4-7-14(21)8-5-12/h1,3-11H,2,21H2,(H,22,23). The Morgan fingerprint density at radius 1 is 1.00 bits per heavy atom. The Kier molecular flexibility index (Phi) is 4.70. The maximum absolute atomic E-state index is 6.04. The monoisotopic (exact) mass is 343 g/mol. The Bertz CT molecular complexity index is 836. The summed E-state index contributed by atoms with van der Waals surface area (Å²) in [5.74, 6) is 0. The molecule has 0 saturated heterocycles. The van der Waals surface area contributed by atoms with Gasteiger partial charge < -0.3 is 5.73 Å².